The van der Waals surface area contributed by atoms with E-state index in [1.807, 2.05) is 51.1 Å². The van der Waals surface area contributed by atoms with Crippen molar-refractivity contribution in [1.82, 2.24) is 19.9 Å². The molecule has 6 rings (SSSR count). The predicted molar refractivity (Wildman–Crippen MR) is 140 cm³/mol. The zero-order chi connectivity index (χ0) is 24.9. The first-order chi connectivity index (χ1) is 17.3. The van der Waals surface area contributed by atoms with Gasteiger partial charge in [-0.1, -0.05) is 36.4 Å². The van der Waals surface area contributed by atoms with Crippen LogP contribution in [0, 0.1) is 0 Å². The van der Waals surface area contributed by atoms with Crippen LogP contribution in [-0.2, 0) is 10.3 Å². The summed E-state index contributed by atoms with van der Waals surface area (Å²) in [5.74, 6) is 1.66. The molecule has 0 spiro atoms. The van der Waals surface area contributed by atoms with Crippen molar-refractivity contribution in [2.75, 3.05) is 5.32 Å². The Balaban J connectivity index is 1.34. The minimum Gasteiger partial charge on any atom is -0.444 e. The number of benzene rings is 2. The average molecular weight is 480 g/mol. The highest BCUT2D eigenvalue weighted by Crippen LogP contribution is 2.43. The largest absolute Gasteiger partial charge is 0.444 e. The molecule has 182 valence electrons. The molecular weight excluding hydrogens is 450 g/mol. The highest BCUT2D eigenvalue weighted by atomic mass is 16.6. The van der Waals surface area contributed by atoms with Crippen LogP contribution in [0.25, 0.3) is 28.3 Å². The van der Waals surface area contributed by atoms with Gasteiger partial charge in [-0.3, -0.25) is 4.57 Å². The summed E-state index contributed by atoms with van der Waals surface area (Å²) in [6.45, 7) is 5.64. The third kappa shape index (κ3) is 3.90. The van der Waals surface area contributed by atoms with Gasteiger partial charge < -0.3 is 15.4 Å². The Labute approximate surface area is 210 Å². The van der Waals surface area contributed by atoms with Gasteiger partial charge in [0.15, 0.2) is 5.82 Å². The van der Waals surface area contributed by atoms with E-state index in [0.717, 1.165) is 64.7 Å². The van der Waals surface area contributed by atoms with Gasteiger partial charge in [0.25, 0.3) is 0 Å². The number of para-hydroxylation sites is 1. The van der Waals surface area contributed by atoms with Crippen molar-refractivity contribution in [2.45, 2.75) is 51.2 Å². The number of nitrogens with zero attached hydrogens (tertiary/aromatic N) is 3. The number of nitrogens with one attached hydrogen (secondary N) is 2. The monoisotopic (exact) mass is 479 g/mol. The lowest BCUT2D eigenvalue weighted by molar-refractivity contribution is 0.0377. The van der Waals surface area contributed by atoms with E-state index in [1.54, 1.807) is 6.20 Å². The summed E-state index contributed by atoms with van der Waals surface area (Å²) in [4.78, 5) is 22.1. The second-order valence-corrected chi connectivity index (χ2v) is 10.5. The summed E-state index contributed by atoms with van der Waals surface area (Å²) in [5.41, 5.74) is 5.04. The van der Waals surface area contributed by atoms with Crippen molar-refractivity contribution in [1.29, 1.82) is 0 Å². The minimum absolute atomic E-state index is 0.372. The Kier molecular flexibility index (Phi) is 5.10. The molecule has 1 fully saturated rings. The van der Waals surface area contributed by atoms with Gasteiger partial charge in [0.1, 0.15) is 11.4 Å². The SMILES string of the molecule is CC(C)(C)OC(=O)NC1(c2ccc(-c3cn4c(n3)-c3ccccc3Nc3ncccc3-4)cc2)CCC1. The van der Waals surface area contributed by atoms with Crippen LogP contribution in [-0.4, -0.2) is 26.2 Å². The molecule has 36 heavy (non-hydrogen) atoms. The molecule has 0 unspecified atom stereocenters. The van der Waals surface area contributed by atoms with Gasteiger partial charge in [-0.15, -0.1) is 0 Å². The minimum atomic E-state index is -0.528. The molecular formula is C29H29N5O2. The van der Waals surface area contributed by atoms with E-state index in [0.29, 0.717) is 0 Å². The molecule has 1 aliphatic carbocycles. The Morgan fingerprint density at radius 1 is 1.06 bits per heavy atom. The maximum atomic E-state index is 12.5. The number of carbonyl (C=O) groups excluding carboxylic acids is 1. The molecule has 2 aromatic carbocycles. The van der Waals surface area contributed by atoms with E-state index in [1.165, 1.54) is 0 Å². The van der Waals surface area contributed by atoms with Gasteiger partial charge in [-0.2, -0.15) is 0 Å². The molecule has 1 amide bonds. The standard InChI is InChI=1S/C29H29N5O2/c1-28(2,3)36-27(35)33-29(15-7-16-29)20-13-11-19(12-14-20)23-18-34-24-10-6-17-30-25(24)31-22-9-5-4-8-21(22)26(34)32-23/h4-6,8-14,17-18H,7,15-16H2,1-3H3,(H,30,31)(H,33,35). The number of fused-ring (bicyclic) bond motifs is 5. The van der Waals surface area contributed by atoms with Gasteiger partial charge in [-0.25, -0.2) is 14.8 Å². The van der Waals surface area contributed by atoms with Crippen LogP contribution >= 0.6 is 0 Å². The summed E-state index contributed by atoms with van der Waals surface area (Å²) in [7, 11) is 0. The van der Waals surface area contributed by atoms with Gasteiger partial charge in [0.05, 0.1) is 22.6 Å². The fourth-order valence-corrected chi connectivity index (χ4v) is 4.97. The number of alkyl carbamates (subject to hydrolysis) is 1. The molecule has 2 aromatic heterocycles. The second-order valence-electron chi connectivity index (χ2n) is 10.5. The van der Waals surface area contributed by atoms with Crippen LogP contribution < -0.4 is 10.6 Å². The highest BCUT2D eigenvalue weighted by molar-refractivity contribution is 5.84. The van der Waals surface area contributed by atoms with E-state index in [-0.39, 0.29) is 11.6 Å². The lowest BCUT2D eigenvalue weighted by Crippen LogP contribution is -2.52. The third-order valence-corrected chi connectivity index (χ3v) is 6.85. The molecule has 2 N–H and O–H groups in total. The fourth-order valence-electron chi connectivity index (χ4n) is 4.97. The molecule has 3 heterocycles. The van der Waals surface area contributed by atoms with Crippen molar-refractivity contribution in [2.24, 2.45) is 0 Å². The summed E-state index contributed by atoms with van der Waals surface area (Å²) >= 11 is 0. The van der Waals surface area contributed by atoms with Crippen LogP contribution in [0.5, 0.6) is 0 Å². The van der Waals surface area contributed by atoms with Crippen molar-refractivity contribution in [3.05, 3.63) is 78.6 Å². The van der Waals surface area contributed by atoms with Crippen molar-refractivity contribution in [3.63, 3.8) is 0 Å². The summed E-state index contributed by atoms with van der Waals surface area (Å²) < 4.78 is 7.62. The molecule has 2 aliphatic rings. The van der Waals surface area contributed by atoms with Crippen LogP contribution in [0.1, 0.15) is 45.6 Å². The van der Waals surface area contributed by atoms with Crippen LogP contribution in [0.4, 0.5) is 16.3 Å². The molecule has 0 atom stereocenters. The summed E-state index contributed by atoms with van der Waals surface area (Å²) in [6, 6.07) is 20.5. The van der Waals surface area contributed by atoms with E-state index in [9.17, 15) is 4.79 Å². The van der Waals surface area contributed by atoms with E-state index >= 15 is 0 Å². The maximum absolute atomic E-state index is 12.5. The maximum Gasteiger partial charge on any atom is 0.408 e. The molecule has 4 aromatic rings. The first kappa shape index (κ1) is 22.3. The Bertz CT molecular complexity index is 1380. The van der Waals surface area contributed by atoms with Gasteiger partial charge in [0.2, 0.25) is 0 Å². The number of rotatable bonds is 3. The third-order valence-electron chi connectivity index (χ3n) is 6.85. The zero-order valence-electron chi connectivity index (χ0n) is 20.7. The Morgan fingerprint density at radius 3 is 2.56 bits per heavy atom. The molecule has 7 nitrogen and oxygen atoms in total. The van der Waals surface area contributed by atoms with Gasteiger partial charge in [0, 0.05) is 23.5 Å². The van der Waals surface area contributed by atoms with Crippen LogP contribution in [0.2, 0.25) is 0 Å². The van der Waals surface area contributed by atoms with Crippen molar-refractivity contribution >= 4 is 17.6 Å². The topological polar surface area (TPSA) is 81.1 Å². The number of amides is 1. The molecule has 1 aliphatic heterocycles. The van der Waals surface area contributed by atoms with Crippen LogP contribution in [0.3, 0.4) is 0 Å². The number of imidazole rings is 1. The number of pyridine rings is 1. The smallest absolute Gasteiger partial charge is 0.408 e. The number of carbonyl (C=O) groups is 1. The Hall–Kier alpha value is -4.13. The predicted octanol–water partition coefficient (Wildman–Crippen LogP) is 6.56. The Morgan fingerprint density at radius 2 is 1.83 bits per heavy atom. The first-order valence-electron chi connectivity index (χ1n) is 12.3. The number of hydrogen-bond acceptors (Lipinski definition) is 5. The second kappa shape index (κ2) is 8.22. The molecule has 0 bridgehead atoms. The highest BCUT2D eigenvalue weighted by Gasteiger charge is 2.41. The van der Waals surface area contributed by atoms with Gasteiger partial charge in [-0.05, 0) is 69.9 Å². The lowest BCUT2D eigenvalue weighted by Gasteiger charge is -2.43. The van der Waals surface area contributed by atoms with E-state index in [2.05, 4.69) is 56.7 Å². The number of ether oxygens (including phenoxy) is 1. The lowest BCUT2D eigenvalue weighted by atomic mass is 9.72. The normalized spacial score (nSPS) is 15.3. The number of anilines is 2. The summed E-state index contributed by atoms with van der Waals surface area (Å²) in [5, 5.41) is 6.58. The molecule has 1 saturated carbocycles. The van der Waals surface area contributed by atoms with Crippen molar-refractivity contribution < 1.29 is 9.53 Å². The quantitative estimate of drug-likeness (QED) is 0.306. The van der Waals surface area contributed by atoms with Gasteiger partial charge >= 0.3 is 6.09 Å². The molecule has 0 saturated heterocycles. The first-order valence-corrected chi connectivity index (χ1v) is 12.3. The van der Waals surface area contributed by atoms with Crippen LogP contribution in [0.15, 0.2) is 73.1 Å². The van der Waals surface area contributed by atoms with E-state index < -0.39 is 5.60 Å². The van der Waals surface area contributed by atoms with E-state index in [4.69, 9.17) is 9.72 Å². The number of hydrogen-bond donors (Lipinski definition) is 2. The average Bonchev–Trinajstić information content (AvgIpc) is 3.21. The number of aromatic nitrogens is 3. The molecule has 0 radical (unpaired) electrons. The van der Waals surface area contributed by atoms with Crippen molar-refractivity contribution in [3.8, 4) is 28.3 Å². The fraction of sp³-hybridized carbons (Fsp3) is 0.276. The summed E-state index contributed by atoms with van der Waals surface area (Å²) in [6.07, 6.45) is 6.36. The molecule has 7 heteroatoms. The zero-order valence-corrected chi connectivity index (χ0v) is 20.7.